The van der Waals surface area contributed by atoms with E-state index in [1.54, 1.807) is 0 Å². The van der Waals surface area contributed by atoms with Crippen LogP contribution < -0.4 is 0 Å². The van der Waals surface area contributed by atoms with Crippen LogP contribution in [0.1, 0.15) is 194 Å². The Morgan fingerprint density at radius 3 is 1.48 bits per heavy atom. The lowest BCUT2D eigenvalue weighted by Gasteiger charge is -2.39. The highest BCUT2D eigenvalue weighted by Crippen LogP contribution is 2.22. The fourth-order valence-electron chi connectivity index (χ4n) is 7.26. The second kappa shape index (κ2) is 43.9. The van der Waals surface area contributed by atoms with Crippen molar-refractivity contribution < 1.29 is 44.2 Å². The third-order valence-corrected chi connectivity index (χ3v) is 11.1. The highest BCUT2D eigenvalue weighted by Gasteiger charge is 2.44. The highest BCUT2D eigenvalue weighted by atomic mass is 16.7. The summed E-state index contributed by atoms with van der Waals surface area (Å²) in [5, 5.41) is 40.2. The van der Waals surface area contributed by atoms with Crippen molar-refractivity contribution in [3.8, 4) is 0 Å². The van der Waals surface area contributed by atoms with Gasteiger partial charge in [-0.3, -0.25) is 4.79 Å². The molecule has 0 saturated carbocycles. The molecule has 0 aromatic rings. The van der Waals surface area contributed by atoms with Crippen LogP contribution in [0.4, 0.5) is 0 Å². The minimum absolute atomic E-state index is 0.126. The van der Waals surface area contributed by atoms with Gasteiger partial charge in [-0.25, -0.2) is 0 Å². The minimum atomic E-state index is -1.54. The van der Waals surface area contributed by atoms with Crippen LogP contribution in [0.5, 0.6) is 0 Å². The van der Waals surface area contributed by atoms with E-state index in [0.717, 1.165) is 83.5 Å². The molecule has 9 nitrogen and oxygen atoms in total. The van der Waals surface area contributed by atoms with Crippen LogP contribution in [0, 0.1) is 0 Å². The van der Waals surface area contributed by atoms with Gasteiger partial charge in [0, 0.05) is 13.0 Å². The van der Waals surface area contributed by atoms with E-state index in [4.69, 9.17) is 18.9 Å². The van der Waals surface area contributed by atoms with Gasteiger partial charge in [-0.15, -0.1) is 0 Å². The zero-order chi connectivity index (χ0) is 45.0. The van der Waals surface area contributed by atoms with Gasteiger partial charge >= 0.3 is 5.97 Å². The number of carbonyl (C=O) groups is 1. The molecular formula is C53H92O9. The lowest BCUT2D eigenvalue weighted by molar-refractivity contribution is -0.305. The zero-order valence-corrected chi connectivity index (χ0v) is 39.3. The average molecular weight is 873 g/mol. The first-order chi connectivity index (χ1) is 30.4. The summed E-state index contributed by atoms with van der Waals surface area (Å²) in [5.41, 5.74) is 0. The molecule has 1 aliphatic heterocycles. The summed E-state index contributed by atoms with van der Waals surface area (Å²) in [6.07, 6.45) is 50.7. The fourth-order valence-corrected chi connectivity index (χ4v) is 7.26. The Morgan fingerprint density at radius 2 is 0.984 bits per heavy atom. The van der Waals surface area contributed by atoms with E-state index in [-0.39, 0.29) is 25.6 Å². The number of rotatable bonds is 42. The van der Waals surface area contributed by atoms with Gasteiger partial charge in [0.05, 0.1) is 19.8 Å². The van der Waals surface area contributed by atoms with Crippen molar-refractivity contribution in [3.63, 3.8) is 0 Å². The molecule has 1 fully saturated rings. The van der Waals surface area contributed by atoms with E-state index in [1.165, 1.54) is 89.9 Å². The smallest absolute Gasteiger partial charge is 0.306 e. The summed E-state index contributed by atoms with van der Waals surface area (Å²) in [4.78, 5) is 12.8. The van der Waals surface area contributed by atoms with Gasteiger partial charge in [-0.05, 0) is 64.2 Å². The molecular weight excluding hydrogens is 781 g/mol. The van der Waals surface area contributed by atoms with Crippen molar-refractivity contribution in [3.05, 3.63) is 72.9 Å². The number of unbranched alkanes of at least 4 members (excludes halogenated alkanes) is 19. The van der Waals surface area contributed by atoms with Crippen LogP contribution in [-0.4, -0.2) is 89.6 Å². The van der Waals surface area contributed by atoms with E-state index in [1.807, 2.05) is 0 Å². The number of hydrogen-bond acceptors (Lipinski definition) is 9. The molecule has 9 heteroatoms. The van der Waals surface area contributed by atoms with Gasteiger partial charge in [0.1, 0.15) is 30.5 Å². The van der Waals surface area contributed by atoms with E-state index < -0.39 is 43.4 Å². The second-order valence-corrected chi connectivity index (χ2v) is 16.9. The van der Waals surface area contributed by atoms with Gasteiger partial charge in [-0.1, -0.05) is 196 Å². The van der Waals surface area contributed by atoms with E-state index >= 15 is 0 Å². The maximum Gasteiger partial charge on any atom is 0.306 e. The Morgan fingerprint density at radius 1 is 0.532 bits per heavy atom. The van der Waals surface area contributed by atoms with Crippen LogP contribution >= 0.6 is 0 Å². The lowest BCUT2D eigenvalue weighted by Crippen LogP contribution is -2.59. The number of esters is 1. The molecule has 0 spiro atoms. The molecule has 0 aromatic heterocycles. The third-order valence-electron chi connectivity index (χ3n) is 11.1. The molecule has 4 N–H and O–H groups in total. The number of aliphatic hydroxyl groups is 4. The summed E-state index contributed by atoms with van der Waals surface area (Å²) in [6.45, 7) is 4.42. The van der Waals surface area contributed by atoms with E-state index in [0.29, 0.717) is 6.61 Å². The molecule has 0 bridgehead atoms. The second-order valence-electron chi connectivity index (χ2n) is 16.9. The Balaban J connectivity index is 2.25. The predicted molar refractivity (Wildman–Crippen MR) is 256 cm³/mol. The van der Waals surface area contributed by atoms with Gasteiger partial charge in [0.15, 0.2) is 6.29 Å². The molecule has 1 saturated heterocycles. The molecule has 0 aromatic carbocycles. The Labute approximate surface area is 378 Å². The Kier molecular flexibility index (Phi) is 40.8. The van der Waals surface area contributed by atoms with Crippen molar-refractivity contribution in [2.24, 2.45) is 0 Å². The van der Waals surface area contributed by atoms with E-state index in [2.05, 4.69) is 86.8 Å². The first kappa shape index (κ1) is 57.6. The summed E-state index contributed by atoms with van der Waals surface area (Å²) in [5.74, 6) is -0.338. The Hall–Kier alpha value is -2.37. The number of hydrogen-bond donors (Lipinski definition) is 4. The largest absolute Gasteiger partial charge is 0.457 e. The molecule has 1 heterocycles. The van der Waals surface area contributed by atoms with Gasteiger partial charge < -0.3 is 39.4 Å². The Bertz CT molecular complexity index is 1180. The topological polar surface area (TPSA) is 135 Å². The van der Waals surface area contributed by atoms with Crippen LogP contribution in [0.15, 0.2) is 72.9 Å². The molecule has 0 radical (unpaired) electrons. The van der Waals surface area contributed by atoms with Crippen LogP contribution in [-0.2, 0) is 23.7 Å². The summed E-state index contributed by atoms with van der Waals surface area (Å²) in [6, 6.07) is 0. The van der Waals surface area contributed by atoms with Crippen molar-refractivity contribution in [2.45, 2.75) is 230 Å². The zero-order valence-electron chi connectivity index (χ0n) is 39.3. The number of allylic oxidation sites excluding steroid dienone is 12. The molecule has 6 atom stereocenters. The lowest BCUT2D eigenvalue weighted by atomic mass is 9.99. The first-order valence-electron chi connectivity index (χ1n) is 25.0. The number of ether oxygens (including phenoxy) is 4. The van der Waals surface area contributed by atoms with Gasteiger partial charge in [0.2, 0.25) is 0 Å². The molecule has 358 valence electrons. The molecule has 1 aliphatic rings. The summed E-state index contributed by atoms with van der Waals surface area (Å²) in [7, 11) is 0. The maximum absolute atomic E-state index is 12.8. The average Bonchev–Trinajstić information content (AvgIpc) is 3.27. The van der Waals surface area contributed by atoms with Gasteiger partial charge in [-0.2, -0.15) is 0 Å². The highest BCUT2D eigenvalue weighted by molar-refractivity contribution is 5.69. The van der Waals surface area contributed by atoms with Crippen molar-refractivity contribution >= 4 is 5.97 Å². The molecule has 1 rings (SSSR count). The van der Waals surface area contributed by atoms with Crippen molar-refractivity contribution in [1.82, 2.24) is 0 Å². The molecule has 62 heavy (non-hydrogen) atoms. The van der Waals surface area contributed by atoms with Crippen LogP contribution in [0.25, 0.3) is 0 Å². The monoisotopic (exact) mass is 873 g/mol. The standard InChI is InChI=1S/C53H92O9/c1-3-5-7-9-11-13-15-17-19-21-22-23-24-25-26-27-28-30-32-34-36-38-40-42-49(55)61-47(46-60-53-52(58)51(57)50(56)48(44-54)62-53)45-59-43-41-39-37-35-33-31-29-20-18-16-14-12-10-8-6-4-2/h5,7,11,13,17,19,22-23,25-26,28,30,47-48,50-54,56-58H,3-4,6,8-10,12,14-16,18,20-21,24,27,29,31-46H2,1-2H3/b7-5-,13-11-,19-17-,23-22-,26-25-,30-28-. The van der Waals surface area contributed by atoms with Crippen LogP contribution in [0.2, 0.25) is 0 Å². The molecule has 0 amide bonds. The first-order valence-corrected chi connectivity index (χ1v) is 25.0. The predicted octanol–water partition coefficient (Wildman–Crippen LogP) is 12.0. The summed E-state index contributed by atoms with van der Waals surface area (Å²) >= 11 is 0. The number of aliphatic hydroxyl groups excluding tert-OH is 4. The summed E-state index contributed by atoms with van der Waals surface area (Å²) < 4.78 is 22.9. The van der Waals surface area contributed by atoms with Crippen molar-refractivity contribution in [1.29, 1.82) is 0 Å². The SMILES string of the molecule is CC/C=C\C/C=C\C/C=C\C/C=C\C/C=C\C/C=C\CCCCCCC(=O)OC(COCCCCCCCCCCCCCCCCCC)COC1OC(CO)C(O)C(O)C1O. The number of carbonyl (C=O) groups excluding carboxylic acids is 1. The third kappa shape index (κ3) is 34.1. The fraction of sp³-hybridized carbons (Fsp3) is 0.755. The van der Waals surface area contributed by atoms with E-state index in [9.17, 15) is 25.2 Å². The molecule has 0 aliphatic carbocycles. The quantitative estimate of drug-likeness (QED) is 0.0269. The minimum Gasteiger partial charge on any atom is -0.457 e. The van der Waals surface area contributed by atoms with Crippen LogP contribution in [0.3, 0.4) is 0 Å². The van der Waals surface area contributed by atoms with Gasteiger partial charge in [0.25, 0.3) is 0 Å². The maximum atomic E-state index is 12.8. The van der Waals surface area contributed by atoms with Crippen molar-refractivity contribution in [2.75, 3.05) is 26.4 Å². The normalized spacial score (nSPS) is 20.4. The molecule has 6 unspecified atom stereocenters.